The minimum Gasteiger partial charge on any atom is -0.371 e. The lowest BCUT2D eigenvalue weighted by Gasteiger charge is -2.44. The number of anilines is 1. The highest BCUT2D eigenvalue weighted by Gasteiger charge is 2.50. The summed E-state index contributed by atoms with van der Waals surface area (Å²) in [6.07, 6.45) is 3.57. The van der Waals surface area contributed by atoms with Crippen molar-refractivity contribution < 1.29 is 9.18 Å². The average molecular weight is 277 g/mol. The molecule has 1 amide bonds. The van der Waals surface area contributed by atoms with E-state index in [9.17, 15) is 9.18 Å². The number of primary amides is 1. The zero-order valence-corrected chi connectivity index (χ0v) is 11.6. The van der Waals surface area contributed by atoms with E-state index < -0.39 is 5.54 Å². The third-order valence-electron chi connectivity index (χ3n) is 4.83. The highest BCUT2D eigenvalue weighted by molar-refractivity contribution is 5.88. The van der Waals surface area contributed by atoms with E-state index >= 15 is 0 Å². The monoisotopic (exact) mass is 277 g/mol. The molecular weight excluding hydrogens is 257 g/mol. The van der Waals surface area contributed by atoms with Crippen molar-refractivity contribution in [3.05, 3.63) is 30.1 Å². The molecule has 2 bridgehead atoms. The van der Waals surface area contributed by atoms with Crippen LogP contribution in [0.5, 0.6) is 0 Å². The van der Waals surface area contributed by atoms with Crippen LogP contribution in [0.15, 0.2) is 24.3 Å². The number of rotatable bonds is 3. The zero-order chi connectivity index (χ0) is 14.3. The lowest BCUT2D eigenvalue weighted by Crippen LogP contribution is -2.59. The Kier molecular flexibility index (Phi) is 3.17. The molecule has 3 N–H and O–H groups in total. The third-order valence-corrected chi connectivity index (χ3v) is 4.83. The predicted molar refractivity (Wildman–Crippen MR) is 75.8 cm³/mol. The molecule has 3 rings (SSSR count). The molecule has 2 aliphatic heterocycles. The molecule has 0 radical (unpaired) electrons. The van der Waals surface area contributed by atoms with Gasteiger partial charge < -0.3 is 16.0 Å². The molecule has 0 saturated carbocycles. The third kappa shape index (κ3) is 2.16. The van der Waals surface area contributed by atoms with Gasteiger partial charge in [-0.25, -0.2) is 4.39 Å². The first-order chi connectivity index (χ1) is 9.50. The van der Waals surface area contributed by atoms with Gasteiger partial charge in [0, 0.05) is 17.8 Å². The van der Waals surface area contributed by atoms with Crippen LogP contribution in [0, 0.1) is 5.82 Å². The second-order valence-corrected chi connectivity index (χ2v) is 6.04. The average Bonchev–Trinajstić information content (AvgIpc) is 2.62. The number of benzene rings is 1. The largest absolute Gasteiger partial charge is 0.371 e. The van der Waals surface area contributed by atoms with Gasteiger partial charge in [-0.3, -0.25) is 4.79 Å². The van der Waals surface area contributed by atoms with Crippen LogP contribution in [0.2, 0.25) is 0 Å². The molecule has 0 aromatic heterocycles. The van der Waals surface area contributed by atoms with Crippen LogP contribution in [-0.2, 0) is 4.79 Å². The summed E-state index contributed by atoms with van der Waals surface area (Å²) in [4.78, 5) is 14.4. The van der Waals surface area contributed by atoms with Gasteiger partial charge in [0.15, 0.2) is 0 Å². The molecule has 0 spiro atoms. The van der Waals surface area contributed by atoms with E-state index in [-0.39, 0.29) is 11.7 Å². The number of nitrogens with zero attached hydrogens (tertiary/aromatic N) is 1. The summed E-state index contributed by atoms with van der Waals surface area (Å²) in [5.74, 6) is -0.655. The summed E-state index contributed by atoms with van der Waals surface area (Å²) in [7, 11) is 2.11. The summed E-state index contributed by atoms with van der Waals surface area (Å²) < 4.78 is 13.3. The lowest BCUT2D eigenvalue weighted by molar-refractivity contribution is -0.124. The molecular formula is C15H20FN3O. The minimum absolute atomic E-state index is 0.314. The fourth-order valence-corrected chi connectivity index (χ4v) is 3.68. The molecule has 0 aliphatic carbocycles. The Morgan fingerprint density at radius 3 is 2.60 bits per heavy atom. The molecule has 2 aliphatic rings. The van der Waals surface area contributed by atoms with Crippen LogP contribution in [0.3, 0.4) is 0 Å². The second-order valence-electron chi connectivity index (χ2n) is 6.04. The number of piperidine rings is 1. The highest BCUT2D eigenvalue weighted by atomic mass is 19.1. The summed E-state index contributed by atoms with van der Waals surface area (Å²) in [5, 5.41) is 3.21. The number of carbonyl (C=O) groups is 1. The van der Waals surface area contributed by atoms with E-state index in [4.69, 9.17) is 5.73 Å². The van der Waals surface area contributed by atoms with Gasteiger partial charge in [-0.05, 0) is 50.9 Å². The van der Waals surface area contributed by atoms with Crippen LogP contribution in [0.1, 0.15) is 25.7 Å². The standard InChI is InChI=1S/C15H20FN3O/c1-19-12-5-6-13(19)9-15(8-12,14(17)20)18-11-4-2-3-10(16)7-11/h2-4,7,12-13,18H,5-6,8-9H2,1H3,(H2,17,20). The number of nitrogens with two attached hydrogens (primary N) is 1. The second kappa shape index (κ2) is 4.74. The summed E-state index contributed by atoms with van der Waals surface area (Å²) in [5.41, 5.74) is 5.53. The van der Waals surface area contributed by atoms with Crippen molar-refractivity contribution >= 4 is 11.6 Å². The van der Waals surface area contributed by atoms with Crippen molar-refractivity contribution in [2.24, 2.45) is 5.73 Å². The first-order valence-corrected chi connectivity index (χ1v) is 7.06. The molecule has 20 heavy (non-hydrogen) atoms. The Morgan fingerprint density at radius 1 is 1.40 bits per heavy atom. The SMILES string of the molecule is CN1C2CCC1CC(Nc1cccc(F)c1)(C(N)=O)C2. The van der Waals surface area contributed by atoms with Gasteiger partial charge in [-0.1, -0.05) is 6.07 Å². The van der Waals surface area contributed by atoms with Gasteiger partial charge in [-0.15, -0.1) is 0 Å². The summed E-state index contributed by atoms with van der Waals surface area (Å²) in [6, 6.07) is 6.96. The van der Waals surface area contributed by atoms with Crippen LogP contribution < -0.4 is 11.1 Å². The molecule has 108 valence electrons. The van der Waals surface area contributed by atoms with Crippen LogP contribution in [0.25, 0.3) is 0 Å². The van der Waals surface area contributed by atoms with E-state index in [2.05, 4.69) is 17.3 Å². The van der Waals surface area contributed by atoms with Crippen LogP contribution >= 0.6 is 0 Å². The molecule has 2 unspecified atom stereocenters. The predicted octanol–water partition coefficient (Wildman–Crippen LogP) is 1.72. The normalized spacial score (nSPS) is 33.1. The molecule has 1 aromatic carbocycles. The zero-order valence-electron chi connectivity index (χ0n) is 11.6. The van der Waals surface area contributed by atoms with Crippen molar-refractivity contribution in [3.8, 4) is 0 Å². The first kappa shape index (κ1) is 13.4. The Morgan fingerprint density at radius 2 is 2.05 bits per heavy atom. The number of hydrogen-bond acceptors (Lipinski definition) is 3. The van der Waals surface area contributed by atoms with E-state index in [0.29, 0.717) is 30.6 Å². The van der Waals surface area contributed by atoms with E-state index in [1.807, 2.05) is 0 Å². The first-order valence-electron chi connectivity index (χ1n) is 7.06. The van der Waals surface area contributed by atoms with Gasteiger partial charge in [0.2, 0.25) is 5.91 Å². The van der Waals surface area contributed by atoms with Crippen molar-refractivity contribution in [2.75, 3.05) is 12.4 Å². The van der Waals surface area contributed by atoms with E-state index in [1.165, 1.54) is 12.1 Å². The lowest BCUT2D eigenvalue weighted by atomic mass is 9.82. The fraction of sp³-hybridized carbons (Fsp3) is 0.533. The molecule has 2 heterocycles. The number of carbonyl (C=O) groups excluding carboxylic acids is 1. The maximum absolute atomic E-state index is 13.3. The molecule has 1 aromatic rings. The number of hydrogen-bond donors (Lipinski definition) is 2. The van der Waals surface area contributed by atoms with Gasteiger partial charge in [0.05, 0.1) is 0 Å². The minimum atomic E-state index is -0.758. The number of halogens is 1. The van der Waals surface area contributed by atoms with Gasteiger partial charge in [-0.2, -0.15) is 0 Å². The molecule has 2 fully saturated rings. The molecule has 4 nitrogen and oxygen atoms in total. The van der Waals surface area contributed by atoms with E-state index in [1.54, 1.807) is 12.1 Å². The van der Waals surface area contributed by atoms with Crippen molar-refractivity contribution in [2.45, 2.75) is 43.3 Å². The van der Waals surface area contributed by atoms with Crippen molar-refractivity contribution in [3.63, 3.8) is 0 Å². The summed E-state index contributed by atoms with van der Waals surface area (Å²) >= 11 is 0. The van der Waals surface area contributed by atoms with Crippen LogP contribution in [-0.4, -0.2) is 35.5 Å². The van der Waals surface area contributed by atoms with Gasteiger partial charge >= 0.3 is 0 Å². The number of amides is 1. The Labute approximate surface area is 118 Å². The Bertz CT molecular complexity index is 520. The quantitative estimate of drug-likeness (QED) is 0.884. The fourth-order valence-electron chi connectivity index (χ4n) is 3.68. The van der Waals surface area contributed by atoms with Crippen molar-refractivity contribution in [1.82, 2.24) is 4.90 Å². The van der Waals surface area contributed by atoms with Gasteiger partial charge in [0.25, 0.3) is 0 Å². The molecule has 2 atom stereocenters. The maximum atomic E-state index is 13.3. The van der Waals surface area contributed by atoms with E-state index in [0.717, 1.165) is 12.8 Å². The Balaban J connectivity index is 1.88. The molecule has 5 heteroatoms. The van der Waals surface area contributed by atoms with Crippen molar-refractivity contribution in [1.29, 1.82) is 0 Å². The van der Waals surface area contributed by atoms with Gasteiger partial charge in [0.1, 0.15) is 11.4 Å². The Hall–Kier alpha value is -1.62. The molecule has 2 saturated heterocycles. The smallest absolute Gasteiger partial charge is 0.243 e. The topological polar surface area (TPSA) is 58.4 Å². The maximum Gasteiger partial charge on any atom is 0.243 e. The number of nitrogens with one attached hydrogen (secondary N) is 1. The number of fused-ring (bicyclic) bond motifs is 2. The highest BCUT2D eigenvalue weighted by Crippen LogP contribution is 2.41. The summed E-state index contributed by atoms with van der Waals surface area (Å²) in [6.45, 7) is 0. The van der Waals surface area contributed by atoms with Crippen LogP contribution in [0.4, 0.5) is 10.1 Å².